The zero-order chi connectivity index (χ0) is 14.0. The fourth-order valence-electron chi connectivity index (χ4n) is 3.82. The molecule has 0 radical (unpaired) electrons. The molecule has 4 heteroatoms. The lowest BCUT2D eigenvalue weighted by atomic mass is 9.87. The third-order valence-corrected chi connectivity index (χ3v) is 5.05. The van der Waals surface area contributed by atoms with Crippen LogP contribution < -0.4 is 10.6 Å². The summed E-state index contributed by atoms with van der Waals surface area (Å²) in [5, 5.41) is 6.13. The maximum absolute atomic E-state index is 12.0. The number of rotatable bonds is 4. The molecule has 0 spiro atoms. The summed E-state index contributed by atoms with van der Waals surface area (Å²) in [7, 11) is 0. The molecule has 4 atom stereocenters. The number of carbonyl (C=O) groups is 1. The predicted molar refractivity (Wildman–Crippen MR) is 78.5 cm³/mol. The second-order valence-electron chi connectivity index (χ2n) is 6.81. The summed E-state index contributed by atoms with van der Waals surface area (Å²) in [6.07, 6.45) is 13.0. The Bertz CT molecular complexity index is 396. The van der Waals surface area contributed by atoms with Crippen LogP contribution in [0.15, 0.2) is 12.2 Å². The molecule has 0 aromatic heterocycles. The van der Waals surface area contributed by atoms with Crippen LogP contribution in [0.25, 0.3) is 0 Å². The van der Waals surface area contributed by atoms with Crippen molar-refractivity contribution in [1.29, 1.82) is 0 Å². The van der Waals surface area contributed by atoms with E-state index in [0.717, 1.165) is 32.2 Å². The van der Waals surface area contributed by atoms with Crippen molar-refractivity contribution in [3.63, 3.8) is 0 Å². The maximum Gasteiger partial charge on any atom is 0.315 e. The number of urea groups is 1. The number of ether oxygens (including phenoxy) is 1. The van der Waals surface area contributed by atoms with Crippen LogP contribution in [0.5, 0.6) is 0 Å². The largest absolute Gasteiger partial charge is 0.375 e. The van der Waals surface area contributed by atoms with Gasteiger partial charge in [0, 0.05) is 12.1 Å². The standard InChI is InChI=1S/C16H26N2O2/c1-16(8-3-2-4-9-16)18-15(19)17-10-7-12-11-13-5-6-14(12)20-13/h2-3,12-14H,4-11H2,1H3,(H2,17,18,19). The van der Waals surface area contributed by atoms with Gasteiger partial charge in [0.25, 0.3) is 0 Å². The van der Waals surface area contributed by atoms with Crippen LogP contribution in [0, 0.1) is 5.92 Å². The van der Waals surface area contributed by atoms with Gasteiger partial charge in [0.1, 0.15) is 0 Å². The van der Waals surface area contributed by atoms with E-state index in [1.54, 1.807) is 0 Å². The molecule has 2 N–H and O–H groups in total. The highest BCUT2D eigenvalue weighted by atomic mass is 16.5. The highest BCUT2D eigenvalue weighted by molar-refractivity contribution is 5.74. The molecular weight excluding hydrogens is 252 g/mol. The SMILES string of the molecule is CC1(NC(=O)NCCC2CC3CCC2O3)CC=CCC1. The van der Waals surface area contributed by atoms with E-state index in [-0.39, 0.29) is 11.6 Å². The number of allylic oxidation sites excluding steroid dienone is 1. The Labute approximate surface area is 121 Å². The van der Waals surface area contributed by atoms with Gasteiger partial charge in [-0.1, -0.05) is 12.2 Å². The number of hydrogen-bond acceptors (Lipinski definition) is 2. The average molecular weight is 278 g/mol. The fraction of sp³-hybridized carbons (Fsp3) is 0.812. The lowest BCUT2D eigenvalue weighted by Crippen LogP contribution is -2.50. The Morgan fingerprint density at radius 1 is 1.40 bits per heavy atom. The Hall–Kier alpha value is -1.03. The Morgan fingerprint density at radius 3 is 2.95 bits per heavy atom. The summed E-state index contributed by atoms with van der Waals surface area (Å²) in [6.45, 7) is 2.88. The Kier molecular flexibility index (Phi) is 4.01. The number of carbonyl (C=O) groups excluding carboxylic acids is 1. The second kappa shape index (κ2) is 5.76. The summed E-state index contributed by atoms with van der Waals surface area (Å²) in [4.78, 5) is 12.0. The molecule has 4 unspecified atom stereocenters. The van der Waals surface area contributed by atoms with E-state index in [0.29, 0.717) is 18.1 Å². The summed E-state index contributed by atoms with van der Waals surface area (Å²) in [5.41, 5.74) is -0.0750. The fourth-order valence-corrected chi connectivity index (χ4v) is 3.82. The molecule has 0 aromatic rings. The van der Waals surface area contributed by atoms with Crippen molar-refractivity contribution in [3.05, 3.63) is 12.2 Å². The molecule has 3 rings (SSSR count). The topological polar surface area (TPSA) is 50.4 Å². The first-order valence-electron chi connectivity index (χ1n) is 8.01. The van der Waals surface area contributed by atoms with Crippen LogP contribution in [0.4, 0.5) is 4.79 Å². The first-order chi connectivity index (χ1) is 9.65. The molecule has 2 saturated heterocycles. The minimum atomic E-state index is -0.0750. The number of fused-ring (bicyclic) bond motifs is 2. The zero-order valence-corrected chi connectivity index (χ0v) is 12.4. The minimum Gasteiger partial charge on any atom is -0.375 e. The van der Waals surface area contributed by atoms with E-state index >= 15 is 0 Å². The average Bonchev–Trinajstić information content (AvgIpc) is 3.01. The number of hydrogen-bond donors (Lipinski definition) is 2. The van der Waals surface area contributed by atoms with Crippen molar-refractivity contribution in [1.82, 2.24) is 10.6 Å². The van der Waals surface area contributed by atoms with Gasteiger partial charge in [-0.15, -0.1) is 0 Å². The third kappa shape index (κ3) is 3.17. The van der Waals surface area contributed by atoms with Gasteiger partial charge in [-0.3, -0.25) is 0 Å². The molecular formula is C16H26N2O2. The quantitative estimate of drug-likeness (QED) is 0.777. The lowest BCUT2D eigenvalue weighted by Gasteiger charge is -2.32. The summed E-state index contributed by atoms with van der Waals surface area (Å²) < 4.78 is 5.84. The predicted octanol–water partition coefficient (Wildman–Crippen LogP) is 2.74. The molecule has 2 amide bonds. The number of nitrogens with one attached hydrogen (secondary N) is 2. The molecule has 3 aliphatic rings. The molecule has 2 aliphatic heterocycles. The summed E-state index contributed by atoms with van der Waals surface area (Å²) in [6, 6.07) is -0.0214. The van der Waals surface area contributed by atoms with Gasteiger partial charge in [-0.25, -0.2) is 4.79 Å². The van der Waals surface area contributed by atoms with E-state index in [2.05, 4.69) is 29.7 Å². The molecule has 112 valence electrons. The highest BCUT2D eigenvalue weighted by Crippen LogP contribution is 2.40. The van der Waals surface area contributed by atoms with Gasteiger partial charge in [0.15, 0.2) is 0 Å². The molecule has 0 saturated carbocycles. The molecule has 2 bridgehead atoms. The summed E-state index contributed by atoms with van der Waals surface area (Å²) in [5.74, 6) is 0.655. The van der Waals surface area contributed by atoms with Crippen LogP contribution in [-0.4, -0.2) is 30.3 Å². The molecule has 4 nitrogen and oxygen atoms in total. The van der Waals surface area contributed by atoms with Crippen LogP contribution in [0.2, 0.25) is 0 Å². The molecule has 2 fully saturated rings. The normalized spacial score (nSPS) is 39.0. The number of amides is 2. The van der Waals surface area contributed by atoms with Crippen molar-refractivity contribution in [2.24, 2.45) is 5.92 Å². The lowest BCUT2D eigenvalue weighted by molar-refractivity contribution is 0.0913. The second-order valence-corrected chi connectivity index (χ2v) is 6.81. The minimum absolute atomic E-state index is 0.0214. The Morgan fingerprint density at radius 2 is 2.30 bits per heavy atom. The van der Waals surface area contributed by atoms with Crippen LogP contribution in [0.1, 0.15) is 51.9 Å². The van der Waals surface area contributed by atoms with E-state index in [4.69, 9.17) is 4.74 Å². The van der Waals surface area contributed by atoms with E-state index < -0.39 is 0 Å². The summed E-state index contributed by atoms with van der Waals surface area (Å²) >= 11 is 0. The first-order valence-corrected chi connectivity index (χ1v) is 8.01. The smallest absolute Gasteiger partial charge is 0.315 e. The van der Waals surface area contributed by atoms with E-state index in [1.807, 2.05) is 0 Å². The van der Waals surface area contributed by atoms with Crippen molar-refractivity contribution in [2.45, 2.75) is 69.6 Å². The zero-order valence-electron chi connectivity index (χ0n) is 12.4. The molecule has 20 heavy (non-hydrogen) atoms. The highest BCUT2D eigenvalue weighted by Gasteiger charge is 2.40. The molecule has 2 heterocycles. The van der Waals surface area contributed by atoms with Gasteiger partial charge >= 0.3 is 6.03 Å². The van der Waals surface area contributed by atoms with Gasteiger partial charge in [0.2, 0.25) is 0 Å². The monoisotopic (exact) mass is 278 g/mol. The van der Waals surface area contributed by atoms with Crippen molar-refractivity contribution in [3.8, 4) is 0 Å². The molecule has 1 aliphatic carbocycles. The van der Waals surface area contributed by atoms with Crippen molar-refractivity contribution in [2.75, 3.05) is 6.54 Å². The third-order valence-electron chi connectivity index (χ3n) is 5.05. The van der Waals surface area contributed by atoms with Crippen molar-refractivity contribution < 1.29 is 9.53 Å². The van der Waals surface area contributed by atoms with Gasteiger partial charge in [-0.05, 0) is 57.8 Å². The van der Waals surface area contributed by atoms with Gasteiger partial charge in [0.05, 0.1) is 12.2 Å². The van der Waals surface area contributed by atoms with Gasteiger partial charge < -0.3 is 15.4 Å². The van der Waals surface area contributed by atoms with Gasteiger partial charge in [-0.2, -0.15) is 0 Å². The van der Waals surface area contributed by atoms with E-state index in [1.165, 1.54) is 19.3 Å². The van der Waals surface area contributed by atoms with E-state index in [9.17, 15) is 4.79 Å². The first kappa shape index (κ1) is 13.9. The Balaban J connectivity index is 1.36. The maximum atomic E-state index is 12.0. The van der Waals surface area contributed by atoms with Crippen LogP contribution in [-0.2, 0) is 4.74 Å². The van der Waals surface area contributed by atoms with Crippen LogP contribution >= 0.6 is 0 Å². The van der Waals surface area contributed by atoms with Crippen LogP contribution in [0.3, 0.4) is 0 Å². The van der Waals surface area contributed by atoms with Crippen molar-refractivity contribution >= 4 is 6.03 Å². The molecule has 0 aromatic carbocycles.